The van der Waals surface area contributed by atoms with Crippen LogP contribution in [0.1, 0.15) is 25.1 Å². The summed E-state index contributed by atoms with van der Waals surface area (Å²) in [4.78, 5) is 18.0. The second-order valence-corrected chi connectivity index (χ2v) is 8.11. The van der Waals surface area contributed by atoms with Crippen LogP contribution in [0.4, 0.5) is 0 Å². The van der Waals surface area contributed by atoms with E-state index in [2.05, 4.69) is 42.6 Å². The summed E-state index contributed by atoms with van der Waals surface area (Å²) in [5, 5.41) is 14.1. The molecule has 144 valence electrons. The van der Waals surface area contributed by atoms with Gasteiger partial charge in [-0.3, -0.25) is 15.1 Å². The van der Waals surface area contributed by atoms with E-state index in [1.54, 1.807) is 16.8 Å². The van der Waals surface area contributed by atoms with Gasteiger partial charge in [-0.15, -0.1) is 5.10 Å². The normalized spacial score (nSPS) is 17.9. The number of rotatable bonds is 3. The van der Waals surface area contributed by atoms with E-state index in [0.29, 0.717) is 10.9 Å². The Morgan fingerprint density at radius 1 is 1.03 bits per heavy atom. The molecule has 6 heteroatoms. The van der Waals surface area contributed by atoms with Crippen LogP contribution in [0.25, 0.3) is 16.5 Å². The summed E-state index contributed by atoms with van der Waals surface area (Å²) in [6, 6.07) is 22.3. The minimum atomic E-state index is -0.382. The zero-order valence-corrected chi connectivity index (χ0v) is 16.8. The van der Waals surface area contributed by atoms with Crippen LogP contribution in [0.5, 0.6) is 0 Å². The van der Waals surface area contributed by atoms with Crippen LogP contribution >= 0.6 is 11.8 Å². The Bertz CT molecular complexity index is 1270. The fourth-order valence-electron chi connectivity index (χ4n) is 3.68. The highest BCUT2D eigenvalue weighted by Gasteiger charge is 2.34. The van der Waals surface area contributed by atoms with Crippen molar-refractivity contribution in [3.05, 3.63) is 82.9 Å². The number of fused-ring (bicyclic) bond motifs is 3. The molecule has 0 saturated carbocycles. The zero-order valence-electron chi connectivity index (χ0n) is 16.0. The molecule has 3 aromatic carbocycles. The maximum absolute atomic E-state index is 13.0. The lowest BCUT2D eigenvalue weighted by Crippen LogP contribution is -2.50. The predicted octanol–water partition coefficient (Wildman–Crippen LogP) is 3.13. The lowest BCUT2D eigenvalue weighted by molar-refractivity contribution is -0.116. The van der Waals surface area contributed by atoms with Crippen LogP contribution < -0.4 is 15.9 Å². The van der Waals surface area contributed by atoms with Gasteiger partial charge in [0, 0.05) is 11.0 Å². The van der Waals surface area contributed by atoms with Crippen LogP contribution in [-0.4, -0.2) is 21.8 Å². The third-order valence-electron chi connectivity index (χ3n) is 5.03. The lowest BCUT2D eigenvalue weighted by atomic mass is 10.0. The summed E-state index contributed by atoms with van der Waals surface area (Å²) in [7, 11) is 0. The molecule has 0 bridgehead atoms. The summed E-state index contributed by atoms with van der Waals surface area (Å²) in [6.07, 6.45) is 0.630. The average molecular weight is 401 g/mol. The first-order valence-corrected chi connectivity index (χ1v) is 10.7. The van der Waals surface area contributed by atoms with Crippen molar-refractivity contribution in [2.75, 3.05) is 5.75 Å². The number of nitrogens with zero attached hydrogens (tertiary/aromatic N) is 3. The van der Waals surface area contributed by atoms with Crippen LogP contribution in [0, 0.1) is 0 Å². The number of hydrogen-bond acceptors (Lipinski definition) is 5. The Morgan fingerprint density at radius 3 is 2.69 bits per heavy atom. The SMILES string of the molecule is CCCSC1=NN2C(=c3ccccc3=N[C@H]2c2ccc3ccccc3c2)C(=O)N1. The molecule has 0 spiro atoms. The van der Waals surface area contributed by atoms with Gasteiger partial charge >= 0.3 is 0 Å². The molecule has 0 aromatic heterocycles. The highest BCUT2D eigenvalue weighted by Crippen LogP contribution is 2.32. The van der Waals surface area contributed by atoms with E-state index in [1.165, 1.54) is 5.39 Å². The highest BCUT2D eigenvalue weighted by molar-refractivity contribution is 8.13. The van der Waals surface area contributed by atoms with Gasteiger partial charge in [0.2, 0.25) is 0 Å². The first-order chi connectivity index (χ1) is 14.2. The monoisotopic (exact) mass is 400 g/mol. The van der Waals surface area contributed by atoms with Crippen molar-refractivity contribution in [2.24, 2.45) is 10.1 Å². The molecule has 2 aliphatic heterocycles. The van der Waals surface area contributed by atoms with Crippen molar-refractivity contribution in [2.45, 2.75) is 19.5 Å². The number of amides is 1. The molecule has 5 rings (SSSR count). The molecular weight excluding hydrogens is 380 g/mol. The van der Waals surface area contributed by atoms with Crippen molar-refractivity contribution in [3.8, 4) is 0 Å². The van der Waals surface area contributed by atoms with Crippen molar-refractivity contribution in [1.82, 2.24) is 10.3 Å². The Hall–Kier alpha value is -3.12. The number of carbonyl (C=O) groups is 1. The number of para-hydroxylation sites is 1. The van der Waals surface area contributed by atoms with Crippen molar-refractivity contribution < 1.29 is 4.79 Å². The molecule has 0 radical (unpaired) electrons. The van der Waals surface area contributed by atoms with Crippen LogP contribution in [-0.2, 0) is 4.79 Å². The number of amidine groups is 1. The molecule has 1 amide bonds. The number of benzene rings is 3. The number of nitrogens with one attached hydrogen (secondary N) is 1. The summed E-state index contributed by atoms with van der Waals surface area (Å²) >= 11 is 1.56. The average Bonchev–Trinajstić information content (AvgIpc) is 2.76. The number of hydrogen-bond donors (Lipinski definition) is 1. The van der Waals surface area contributed by atoms with E-state index in [9.17, 15) is 4.79 Å². The zero-order chi connectivity index (χ0) is 19.8. The van der Waals surface area contributed by atoms with Crippen LogP contribution in [0.3, 0.4) is 0 Å². The molecule has 2 aliphatic rings. The highest BCUT2D eigenvalue weighted by atomic mass is 32.2. The van der Waals surface area contributed by atoms with Gasteiger partial charge in [-0.25, -0.2) is 5.01 Å². The van der Waals surface area contributed by atoms with Gasteiger partial charge in [0.15, 0.2) is 11.3 Å². The van der Waals surface area contributed by atoms with Gasteiger partial charge in [-0.05, 0) is 34.9 Å². The van der Waals surface area contributed by atoms with E-state index in [0.717, 1.165) is 33.7 Å². The van der Waals surface area contributed by atoms with Gasteiger partial charge in [0.25, 0.3) is 5.91 Å². The first-order valence-electron chi connectivity index (χ1n) is 9.72. The molecular formula is C23H20N4OS. The molecule has 0 fully saturated rings. The summed E-state index contributed by atoms with van der Waals surface area (Å²) in [5.41, 5.74) is 1.56. The molecule has 2 heterocycles. The van der Waals surface area contributed by atoms with Crippen molar-refractivity contribution >= 4 is 39.3 Å². The Kier molecular flexibility index (Phi) is 4.56. The fraction of sp³-hybridized carbons (Fsp3) is 0.174. The number of thioether (sulfide) groups is 1. The van der Waals surface area contributed by atoms with Gasteiger partial charge in [-0.1, -0.05) is 73.3 Å². The summed E-state index contributed by atoms with van der Waals surface area (Å²) in [5.74, 6) is 0.767. The van der Waals surface area contributed by atoms with Crippen LogP contribution in [0.2, 0.25) is 0 Å². The smallest absolute Gasteiger partial charge is 0.276 e. The molecule has 0 saturated heterocycles. The summed E-state index contributed by atoms with van der Waals surface area (Å²) in [6.45, 7) is 2.11. The van der Waals surface area contributed by atoms with Gasteiger partial charge < -0.3 is 0 Å². The molecule has 3 aromatic rings. The maximum Gasteiger partial charge on any atom is 0.276 e. The second-order valence-electron chi connectivity index (χ2n) is 7.03. The quantitative estimate of drug-likeness (QED) is 0.735. The van der Waals surface area contributed by atoms with E-state index in [4.69, 9.17) is 10.1 Å². The fourth-order valence-corrected chi connectivity index (χ4v) is 4.38. The molecule has 1 N–H and O–H groups in total. The van der Waals surface area contributed by atoms with E-state index >= 15 is 0 Å². The van der Waals surface area contributed by atoms with E-state index in [1.807, 2.05) is 36.4 Å². The van der Waals surface area contributed by atoms with E-state index < -0.39 is 0 Å². The Balaban J connectivity index is 1.70. The second kappa shape index (κ2) is 7.37. The van der Waals surface area contributed by atoms with Crippen molar-refractivity contribution in [1.29, 1.82) is 0 Å². The third-order valence-corrected chi connectivity index (χ3v) is 6.10. The van der Waals surface area contributed by atoms with Crippen molar-refractivity contribution in [3.63, 3.8) is 0 Å². The largest absolute Gasteiger partial charge is 0.298 e. The molecule has 5 nitrogen and oxygen atoms in total. The summed E-state index contributed by atoms with van der Waals surface area (Å²) < 4.78 is 0. The predicted molar refractivity (Wildman–Crippen MR) is 117 cm³/mol. The Morgan fingerprint density at radius 2 is 1.83 bits per heavy atom. The number of hydrazone groups is 1. The minimum absolute atomic E-state index is 0.133. The molecule has 0 unspecified atom stereocenters. The third kappa shape index (κ3) is 3.19. The Labute approximate surface area is 172 Å². The molecule has 0 aliphatic carbocycles. The maximum atomic E-state index is 13.0. The van der Waals surface area contributed by atoms with E-state index in [-0.39, 0.29) is 12.1 Å². The minimum Gasteiger partial charge on any atom is -0.298 e. The van der Waals surface area contributed by atoms with Gasteiger partial charge in [0.05, 0.1) is 5.36 Å². The number of carbonyl (C=O) groups excluding carboxylic acids is 1. The standard InChI is InChI=1S/C23H20N4OS/c1-2-13-29-23-25-22(28)20-18-9-5-6-10-19(18)24-21(27(20)26-23)17-12-11-15-7-3-4-8-16(15)14-17/h3-12,14,21H,2,13H2,1H3,(H,25,26,28)/t21-/m1/s1. The lowest BCUT2D eigenvalue weighted by Gasteiger charge is -2.34. The van der Waals surface area contributed by atoms with Gasteiger partial charge in [0.1, 0.15) is 5.70 Å². The first kappa shape index (κ1) is 17.9. The molecule has 1 atom stereocenters. The molecule has 29 heavy (non-hydrogen) atoms. The van der Waals surface area contributed by atoms with Gasteiger partial charge in [-0.2, -0.15) is 0 Å². The van der Waals surface area contributed by atoms with Crippen LogP contribution in [0.15, 0.2) is 76.8 Å². The topological polar surface area (TPSA) is 57.1 Å².